The summed E-state index contributed by atoms with van der Waals surface area (Å²) in [5.74, 6) is -0.931. The summed E-state index contributed by atoms with van der Waals surface area (Å²) in [7, 11) is 0. The lowest BCUT2D eigenvalue weighted by Crippen LogP contribution is -2.44. The lowest BCUT2D eigenvalue weighted by atomic mass is 10.0. The van der Waals surface area contributed by atoms with Gasteiger partial charge in [-0.15, -0.1) is 0 Å². The van der Waals surface area contributed by atoms with Gasteiger partial charge < -0.3 is 0 Å². The summed E-state index contributed by atoms with van der Waals surface area (Å²) in [6.07, 6.45) is 8.48. The maximum Gasteiger partial charge on any atom is 0.269 e. The molecule has 1 aliphatic heterocycles. The van der Waals surface area contributed by atoms with Crippen molar-refractivity contribution in [3.8, 4) is 0 Å². The number of carbonyl (C=O) groups excluding carboxylic acids is 2. The van der Waals surface area contributed by atoms with E-state index >= 15 is 0 Å². The van der Waals surface area contributed by atoms with Crippen molar-refractivity contribution >= 4 is 18.0 Å². The molecule has 2 heterocycles. The molecule has 0 saturated carbocycles. The van der Waals surface area contributed by atoms with E-state index in [-0.39, 0.29) is 17.7 Å². The Hall–Kier alpha value is -2.50. The van der Waals surface area contributed by atoms with Crippen LogP contribution < -0.4 is 10.9 Å². The van der Waals surface area contributed by atoms with Gasteiger partial charge >= 0.3 is 0 Å². The minimum absolute atomic E-state index is 0.264. The van der Waals surface area contributed by atoms with Gasteiger partial charge in [-0.3, -0.25) is 30.4 Å². The number of hydrogen-bond acceptors (Lipinski definition) is 4. The molecule has 2 amide bonds. The van der Waals surface area contributed by atoms with E-state index < -0.39 is 0 Å². The Bertz CT molecular complexity index is 496. The van der Waals surface area contributed by atoms with Gasteiger partial charge in [-0.05, 0) is 18.6 Å². The maximum absolute atomic E-state index is 11.7. The molecule has 6 heteroatoms. The van der Waals surface area contributed by atoms with E-state index in [0.29, 0.717) is 12.0 Å². The highest BCUT2D eigenvalue weighted by atomic mass is 16.2. The van der Waals surface area contributed by atoms with Crippen molar-refractivity contribution in [1.82, 2.24) is 15.8 Å². The lowest BCUT2D eigenvalue weighted by molar-refractivity contribution is -0.124. The highest BCUT2D eigenvalue weighted by Gasteiger charge is 2.16. The van der Waals surface area contributed by atoms with E-state index in [1.54, 1.807) is 30.6 Å². The molecule has 2 rings (SSSR count). The molecule has 0 radical (unpaired) electrons. The molecule has 0 fully saturated rings. The van der Waals surface area contributed by atoms with Crippen molar-refractivity contribution in [1.29, 1.82) is 0 Å². The molecule has 6 nitrogen and oxygen atoms in total. The van der Waals surface area contributed by atoms with Crippen molar-refractivity contribution in [2.75, 3.05) is 0 Å². The molecule has 0 bridgehead atoms. The van der Waals surface area contributed by atoms with Crippen LogP contribution in [0.1, 0.15) is 16.8 Å². The molecule has 0 aromatic carbocycles. The minimum Gasteiger partial charge on any atom is -0.273 e. The van der Waals surface area contributed by atoms with Gasteiger partial charge in [0, 0.05) is 30.4 Å². The number of hydrazine groups is 1. The summed E-state index contributed by atoms with van der Waals surface area (Å²) in [5, 5.41) is 0. The smallest absolute Gasteiger partial charge is 0.269 e. The van der Waals surface area contributed by atoms with Crippen molar-refractivity contribution in [3.63, 3.8) is 0 Å². The molecule has 1 atom stereocenters. The number of amides is 2. The number of nitrogens with zero attached hydrogens (tertiary/aromatic N) is 2. The zero-order chi connectivity index (χ0) is 12.8. The Morgan fingerprint density at radius 2 is 2.00 bits per heavy atom. The Labute approximate surface area is 104 Å². The quantitative estimate of drug-likeness (QED) is 0.741. The predicted molar refractivity (Wildman–Crippen MR) is 65.6 cm³/mol. The number of aliphatic imine (C=N–C) groups is 1. The first kappa shape index (κ1) is 12.0. The van der Waals surface area contributed by atoms with E-state index in [9.17, 15) is 9.59 Å². The Morgan fingerprint density at radius 3 is 2.67 bits per heavy atom. The zero-order valence-corrected chi connectivity index (χ0v) is 9.54. The van der Waals surface area contributed by atoms with Crippen molar-refractivity contribution < 1.29 is 9.59 Å². The van der Waals surface area contributed by atoms with Gasteiger partial charge in [0.05, 0.1) is 5.92 Å². The summed E-state index contributed by atoms with van der Waals surface area (Å²) >= 11 is 0. The second kappa shape index (κ2) is 5.72. The van der Waals surface area contributed by atoms with Crippen LogP contribution in [0.5, 0.6) is 0 Å². The van der Waals surface area contributed by atoms with Crippen LogP contribution in [0.15, 0.2) is 41.8 Å². The second-order valence-corrected chi connectivity index (χ2v) is 3.69. The predicted octanol–water partition coefficient (Wildman–Crippen LogP) is 0.447. The van der Waals surface area contributed by atoms with Crippen molar-refractivity contribution in [2.24, 2.45) is 10.9 Å². The van der Waals surface area contributed by atoms with Gasteiger partial charge in [-0.25, -0.2) is 0 Å². The molecular weight excluding hydrogens is 232 g/mol. The van der Waals surface area contributed by atoms with Crippen LogP contribution in [0.2, 0.25) is 0 Å². The summed E-state index contributed by atoms with van der Waals surface area (Å²) < 4.78 is 0. The molecule has 1 unspecified atom stereocenters. The molecule has 92 valence electrons. The van der Waals surface area contributed by atoms with Gasteiger partial charge in [0.15, 0.2) is 0 Å². The normalized spacial score (nSPS) is 17.2. The molecule has 18 heavy (non-hydrogen) atoms. The van der Waals surface area contributed by atoms with Gasteiger partial charge in [0.2, 0.25) is 5.91 Å². The molecule has 1 aromatic heterocycles. The molecular formula is C12H12N4O2. The Morgan fingerprint density at radius 1 is 1.22 bits per heavy atom. The molecule has 0 saturated heterocycles. The second-order valence-electron chi connectivity index (χ2n) is 3.69. The van der Waals surface area contributed by atoms with E-state index in [1.165, 1.54) is 12.4 Å². The molecule has 0 spiro atoms. The standard InChI is InChI=1S/C12H12N4O2/c17-11(9-1-5-13-6-2-9)15-16-12(18)10-3-7-14-8-4-10/h1-3,5-8,10H,4H2,(H,15,17)(H,16,18). The first-order valence-corrected chi connectivity index (χ1v) is 5.46. The van der Waals surface area contributed by atoms with Crippen molar-refractivity contribution in [3.05, 3.63) is 42.4 Å². The number of aromatic nitrogens is 1. The fourth-order valence-corrected chi connectivity index (χ4v) is 1.45. The highest BCUT2D eigenvalue weighted by Crippen LogP contribution is 2.07. The van der Waals surface area contributed by atoms with Crippen LogP contribution in [0, 0.1) is 5.92 Å². The topological polar surface area (TPSA) is 83.5 Å². The van der Waals surface area contributed by atoms with E-state index in [0.717, 1.165) is 0 Å². The van der Waals surface area contributed by atoms with Crippen LogP contribution in [-0.2, 0) is 4.79 Å². The average molecular weight is 244 g/mol. The Kier molecular flexibility index (Phi) is 3.80. The number of rotatable bonds is 2. The van der Waals surface area contributed by atoms with Crippen LogP contribution in [-0.4, -0.2) is 23.0 Å². The van der Waals surface area contributed by atoms with E-state index in [4.69, 9.17) is 0 Å². The maximum atomic E-state index is 11.7. The fourth-order valence-electron chi connectivity index (χ4n) is 1.45. The number of hydrogen-bond donors (Lipinski definition) is 2. The van der Waals surface area contributed by atoms with E-state index in [2.05, 4.69) is 20.8 Å². The molecule has 1 aliphatic rings. The lowest BCUT2D eigenvalue weighted by Gasteiger charge is -2.13. The van der Waals surface area contributed by atoms with Crippen LogP contribution >= 0.6 is 0 Å². The summed E-state index contributed by atoms with van der Waals surface area (Å²) in [5.41, 5.74) is 5.17. The molecule has 0 aliphatic carbocycles. The SMILES string of the molecule is O=C(NNC(=O)C1C=CN=CC1)c1ccncc1. The monoisotopic (exact) mass is 244 g/mol. The van der Waals surface area contributed by atoms with E-state index in [1.807, 2.05) is 0 Å². The first-order chi connectivity index (χ1) is 8.77. The minimum atomic E-state index is -0.376. The van der Waals surface area contributed by atoms with Gasteiger partial charge in [-0.2, -0.15) is 0 Å². The summed E-state index contributed by atoms with van der Waals surface area (Å²) in [4.78, 5) is 31.0. The first-order valence-electron chi connectivity index (χ1n) is 5.46. The van der Waals surface area contributed by atoms with Crippen LogP contribution in [0.4, 0.5) is 0 Å². The number of carbonyl (C=O) groups is 2. The third-order valence-electron chi connectivity index (χ3n) is 2.45. The van der Waals surface area contributed by atoms with Gasteiger partial charge in [0.25, 0.3) is 5.91 Å². The highest BCUT2D eigenvalue weighted by molar-refractivity contribution is 5.95. The average Bonchev–Trinajstić information content (AvgIpc) is 2.46. The third-order valence-corrected chi connectivity index (χ3v) is 2.45. The van der Waals surface area contributed by atoms with Crippen LogP contribution in [0.25, 0.3) is 0 Å². The largest absolute Gasteiger partial charge is 0.273 e. The van der Waals surface area contributed by atoms with Gasteiger partial charge in [0.1, 0.15) is 0 Å². The fraction of sp³-hybridized carbons (Fsp3) is 0.167. The van der Waals surface area contributed by atoms with Crippen LogP contribution in [0.3, 0.4) is 0 Å². The molecule has 2 N–H and O–H groups in total. The zero-order valence-electron chi connectivity index (χ0n) is 9.54. The summed E-state index contributed by atoms with van der Waals surface area (Å²) in [6, 6.07) is 3.13. The third kappa shape index (κ3) is 3.00. The Balaban J connectivity index is 1.85. The number of pyridine rings is 1. The van der Waals surface area contributed by atoms with Crippen molar-refractivity contribution in [2.45, 2.75) is 6.42 Å². The molecule has 1 aromatic rings. The van der Waals surface area contributed by atoms with Gasteiger partial charge in [-0.1, -0.05) is 6.08 Å². The number of nitrogens with one attached hydrogen (secondary N) is 2. The summed E-state index contributed by atoms with van der Waals surface area (Å²) in [6.45, 7) is 0.